The molecule has 0 saturated heterocycles. The van der Waals surface area contributed by atoms with E-state index in [1.54, 1.807) is 6.92 Å². The second-order valence-corrected chi connectivity index (χ2v) is 6.52. The number of aliphatic hydroxyl groups is 1. The van der Waals surface area contributed by atoms with Crippen LogP contribution in [0.25, 0.3) is 0 Å². The molecule has 0 amide bonds. The number of methoxy groups -OCH3 is 1. The number of furan rings is 1. The number of rotatable bonds is 8. The minimum atomic E-state index is -3.66. The lowest BCUT2D eigenvalue weighted by Gasteiger charge is -2.27. The molecule has 0 aliphatic heterocycles. The summed E-state index contributed by atoms with van der Waals surface area (Å²) in [5.41, 5.74) is 0. The predicted molar refractivity (Wildman–Crippen MR) is 74.9 cm³/mol. The second kappa shape index (κ2) is 7.21. The maximum absolute atomic E-state index is 12.7. The van der Waals surface area contributed by atoms with Crippen molar-refractivity contribution in [3.63, 3.8) is 0 Å². The maximum Gasteiger partial charge on any atom is 0.246 e. The van der Waals surface area contributed by atoms with Gasteiger partial charge in [0, 0.05) is 25.8 Å². The monoisotopic (exact) mass is 305 g/mol. The van der Waals surface area contributed by atoms with E-state index in [1.165, 1.54) is 17.5 Å². The Morgan fingerprint density at radius 3 is 2.60 bits per heavy atom. The molecule has 7 heteroatoms. The molecular formula is C13H23NO5S. The molecule has 0 aliphatic rings. The predicted octanol–water partition coefficient (Wildman–Crippen LogP) is 1.52. The lowest BCUT2D eigenvalue weighted by Crippen LogP contribution is -2.40. The zero-order valence-corrected chi connectivity index (χ0v) is 13.2. The van der Waals surface area contributed by atoms with Crippen LogP contribution in [-0.2, 0) is 21.4 Å². The van der Waals surface area contributed by atoms with Gasteiger partial charge < -0.3 is 14.3 Å². The van der Waals surface area contributed by atoms with Gasteiger partial charge in [0.15, 0.2) is 0 Å². The van der Waals surface area contributed by atoms with Gasteiger partial charge in [-0.2, -0.15) is 4.31 Å². The Labute approximate surface area is 120 Å². The number of aliphatic hydroxyl groups excluding tert-OH is 1. The highest BCUT2D eigenvalue weighted by atomic mass is 32.2. The SMILES string of the molecule is CCC(C)N(CCOC)S(=O)(=O)c1cc(CO)oc1C. The zero-order valence-electron chi connectivity index (χ0n) is 12.4. The average Bonchev–Trinajstić information content (AvgIpc) is 2.80. The second-order valence-electron chi connectivity index (χ2n) is 4.66. The summed E-state index contributed by atoms with van der Waals surface area (Å²) >= 11 is 0. The smallest absolute Gasteiger partial charge is 0.246 e. The van der Waals surface area contributed by atoms with Gasteiger partial charge in [0.25, 0.3) is 0 Å². The molecule has 1 N–H and O–H groups in total. The first-order valence-corrected chi connectivity index (χ1v) is 8.03. The van der Waals surface area contributed by atoms with Crippen LogP contribution in [0.15, 0.2) is 15.4 Å². The van der Waals surface area contributed by atoms with E-state index < -0.39 is 10.0 Å². The molecule has 0 aliphatic carbocycles. The van der Waals surface area contributed by atoms with Crippen molar-refractivity contribution in [3.8, 4) is 0 Å². The first-order chi connectivity index (χ1) is 9.38. The quantitative estimate of drug-likeness (QED) is 0.787. The average molecular weight is 305 g/mol. The van der Waals surface area contributed by atoms with Gasteiger partial charge in [0.1, 0.15) is 23.0 Å². The van der Waals surface area contributed by atoms with Crippen LogP contribution in [0.1, 0.15) is 31.8 Å². The minimum absolute atomic E-state index is 0.109. The molecule has 1 heterocycles. The van der Waals surface area contributed by atoms with Crippen LogP contribution in [0.4, 0.5) is 0 Å². The first-order valence-electron chi connectivity index (χ1n) is 6.59. The van der Waals surface area contributed by atoms with Crippen LogP contribution in [0.5, 0.6) is 0 Å². The number of hydrogen-bond donors (Lipinski definition) is 1. The fourth-order valence-corrected chi connectivity index (χ4v) is 3.82. The number of aryl methyl sites for hydroxylation is 1. The van der Waals surface area contributed by atoms with Crippen molar-refractivity contribution in [1.82, 2.24) is 4.31 Å². The summed E-state index contributed by atoms with van der Waals surface area (Å²) in [6.45, 7) is 5.66. The third-order valence-electron chi connectivity index (χ3n) is 3.26. The number of hydrogen-bond acceptors (Lipinski definition) is 5. The van der Waals surface area contributed by atoms with Gasteiger partial charge in [-0.3, -0.25) is 0 Å². The van der Waals surface area contributed by atoms with E-state index in [0.717, 1.165) is 0 Å². The third-order valence-corrected chi connectivity index (χ3v) is 5.39. The number of ether oxygens (including phenoxy) is 1. The van der Waals surface area contributed by atoms with Crippen molar-refractivity contribution < 1.29 is 22.7 Å². The number of nitrogens with zero attached hydrogens (tertiary/aromatic N) is 1. The van der Waals surface area contributed by atoms with Gasteiger partial charge >= 0.3 is 0 Å². The molecule has 0 bridgehead atoms. The van der Waals surface area contributed by atoms with Gasteiger partial charge in [-0.1, -0.05) is 6.92 Å². The topological polar surface area (TPSA) is 80.0 Å². The highest BCUT2D eigenvalue weighted by Gasteiger charge is 2.31. The van der Waals surface area contributed by atoms with E-state index in [2.05, 4.69) is 0 Å². The number of sulfonamides is 1. The first kappa shape index (κ1) is 17.2. The van der Waals surface area contributed by atoms with Crippen molar-refractivity contribution >= 4 is 10.0 Å². The molecule has 0 fully saturated rings. The maximum atomic E-state index is 12.7. The van der Waals surface area contributed by atoms with E-state index in [9.17, 15) is 8.42 Å². The normalized spacial score (nSPS) is 13.9. The Hall–Kier alpha value is -0.890. The van der Waals surface area contributed by atoms with Crippen LogP contribution in [-0.4, -0.2) is 44.1 Å². The summed E-state index contributed by atoms with van der Waals surface area (Å²) in [5.74, 6) is 0.539. The molecule has 116 valence electrons. The Balaban J connectivity index is 3.17. The van der Waals surface area contributed by atoms with Crippen molar-refractivity contribution in [2.24, 2.45) is 0 Å². The Morgan fingerprint density at radius 2 is 2.15 bits per heavy atom. The molecule has 20 heavy (non-hydrogen) atoms. The van der Waals surface area contributed by atoms with E-state index in [4.69, 9.17) is 14.3 Å². The third kappa shape index (κ3) is 3.60. The highest BCUT2D eigenvalue weighted by Crippen LogP contribution is 2.25. The van der Waals surface area contributed by atoms with E-state index >= 15 is 0 Å². The van der Waals surface area contributed by atoms with Crippen LogP contribution in [0.3, 0.4) is 0 Å². The summed E-state index contributed by atoms with van der Waals surface area (Å²) in [7, 11) is -2.12. The lowest BCUT2D eigenvalue weighted by molar-refractivity contribution is 0.167. The molecule has 0 aromatic carbocycles. The molecule has 0 spiro atoms. The Bertz CT molecular complexity index is 523. The van der Waals surface area contributed by atoms with Crippen LogP contribution >= 0.6 is 0 Å². The van der Waals surface area contributed by atoms with Crippen molar-refractivity contribution in [2.45, 2.75) is 44.7 Å². The van der Waals surface area contributed by atoms with Gasteiger partial charge in [0.2, 0.25) is 10.0 Å². The zero-order chi connectivity index (χ0) is 15.3. The van der Waals surface area contributed by atoms with Gasteiger partial charge in [0.05, 0.1) is 6.61 Å². The largest absolute Gasteiger partial charge is 0.462 e. The minimum Gasteiger partial charge on any atom is -0.462 e. The molecule has 0 saturated carbocycles. The van der Waals surface area contributed by atoms with Gasteiger partial charge in [-0.05, 0) is 20.3 Å². The van der Waals surface area contributed by atoms with Crippen LogP contribution in [0, 0.1) is 6.92 Å². The van der Waals surface area contributed by atoms with E-state index in [-0.39, 0.29) is 29.8 Å². The molecule has 6 nitrogen and oxygen atoms in total. The molecular weight excluding hydrogens is 282 g/mol. The van der Waals surface area contributed by atoms with E-state index in [1.807, 2.05) is 13.8 Å². The highest BCUT2D eigenvalue weighted by molar-refractivity contribution is 7.89. The standard InChI is InChI=1S/C13H23NO5S/c1-5-10(2)14(6-7-18-4)20(16,17)13-8-12(9-15)19-11(13)3/h8,10,15H,5-7,9H2,1-4H3. The lowest BCUT2D eigenvalue weighted by atomic mass is 10.3. The Morgan fingerprint density at radius 1 is 1.50 bits per heavy atom. The molecule has 1 aromatic rings. The van der Waals surface area contributed by atoms with Crippen LogP contribution in [0.2, 0.25) is 0 Å². The van der Waals surface area contributed by atoms with Crippen molar-refractivity contribution in [1.29, 1.82) is 0 Å². The summed E-state index contributed by atoms with van der Waals surface area (Å²) in [6, 6.07) is 1.24. The van der Waals surface area contributed by atoms with Gasteiger partial charge in [-0.25, -0.2) is 8.42 Å². The van der Waals surface area contributed by atoms with E-state index in [0.29, 0.717) is 18.8 Å². The summed E-state index contributed by atoms with van der Waals surface area (Å²) in [4.78, 5) is 0.109. The summed E-state index contributed by atoms with van der Waals surface area (Å²) < 4.78 is 37.1. The fraction of sp³-hybridized carbons (Fsp3) is 0.692. The Kier molecular flexibility index (Phi) is 6.19. The summed E-state index contributed by atoms with van der Waals surface area (Å²) in [6.07, 6.45) is 0.701. The van der Waals surface area contributed by atoms with Crippen molar-refractivity contribution in [3.05, 3.63) is 17.6 Å². The molecule has 1 aromatic heterocycles. The van der Waals surface area contributed by atoms with Crippen LogP contribution < -0.4 is 0 Å². The molecule has 1 atom stereocenters. The summed E-state index contributed by atoms with van der Waals surface area (Å²) in [5, 5.41) is 9.05. The molecule has 1 rings (SSSR count). The fourth-order valence-electron chi connectivity index (χ4n) is 1.95. The molecule has 1 unspecified atom stereocenters. The van der Waals surface area contributed by atoms with Gasteiger partial charge in [-0.15, -0.1) is 0 Å². The molecule has 0 radical (unpaired) electrons. The van der Waals surface area contributed by atoms with Crippen molar-refractivity contribution in [2.75, 3.05) is 20.3 Å².